The predicted octanol–water partition coefficient (Wildman–Crippen LogP) is 2.25. The highest BCUT2D eigenvalue weighted by Crippen LogP contribution is 2.23. The molecule has 1 aromatic carbocycles. The summed E-state index contributed by atoms with van der Waals surface area (Å²) in [5.74, 6) is 0. The van der Waals surface area contributed by atoms with E-state index < -0.39 is 5.54 Å². The summed E-state index contributed by atoms with van der Waals surface area (Å²) in [6.07, 6.45) is 4.51. The van der Waals surface area contributed by atoms with Crippen molar-refractivity contribution >= 4 is 0 Å². The van der Waals surface area contributed by atoms with Gasteiger partial charge in [0.2, 0.25) is 0 Å². The Bertz CT molecular complexity index is 540. The quantitative estimate of drug-likeness (QED) is 0.896. The molecule has 0 aliphatic heterocycles. The molecular formula is C15H21N3O. The molecule has 2 aromatic rings. The van der Waals surface area contributed by atoms with Gasteiger partial charge < -0.3 is 15.0 Å². The second kappa shape index (κ2) is 5.55. The van der Waals surface area contributed by atoms with Crippen LogP contribution in [0.5, 0.6) is 0 Å². The Balaban J connectivity index is 2.45. The van der Waals surface area contributed by atoms with Crippen LogP contribution in [-0.4, -0.2) is 23.3 Å². The number of para-hydroxylation sites is 1. The van der Waals surface area contributed by atoms with E-state index >= 15 is 0 Å². The number of benzene rings is 1. The van der Waals surface area contributed by atoms with Crippen molar-refractivity contribution in [2.75, 3.05) is 13.7 Å². The van der Waals surface area contributed by atoms with Gasteiger partial charge in [-0.3, -0.25) is 0 Å². The van der Waals surface area contributed by atoms with Crippen molar-refractivity contribution in [3.63, 3.8) is 0 Å². The van der Waals surface area contributed by atoms with Gasteiger partial charge in [0.15, 0.2) is 0 Å². The molecule has 2 N–H and O–H groups in total. The minimum Gasteiger partial charge on any atom is -0.384 e. The normalized spacial score (nSPS) is 11.8. The van der Waals surface area contributed by atoms with Crippen molar-refractivity contribution in [2.45, 2.75) is 25.8 Å². The molecule has 0 aliphatic rings. The van der Waals surface area contributed by atoms with E-state index in [2.05, 4.69) is 21.7 Å². The number of hydrogen-bond donors (Lipinski definition) is 1. The topological polar surface area (TPSA) is 53.1 Å². The Hall–Kier alpha value is -1.65. The zero-order valence-electron chi connectivity index (χ0n) is 11.8. The van der Waals surface area contributed by atoms with Crippen LogP contribution in [0.3, 0.4) is 0 Å². The van der Waals surface area contributed by atoms with Gasteiger partial charge in [0.1, 0.15) is 0 Å². The highest BCUT2D eigenvalue weighted by molar-refractivity contribution is 5.43. The molecule has 0 atom stereocenters. The molecule has 1 aromatic heterocycles. The monoisotopic (exact) mass is 259 g/mol. The number of aromatic nitrogens is 2. The third kappa shape index (κ3) is 3.03. The number of nitrogens with two attached hydrogens (primary N) is 1. The Morgan fingerprint density at radius 3 is 2.74 bits per heavy atom. The molecule has 4 nitrogen and oxygen atoms in total. The molecular weight excluding hydrogens is 238 g/mol. The zero-order chi connectivity index (χ0) is 13.9. The fourth-order valence-corrected chi connectivity index (χ4v) is 2.13. The lowest BCUT2D eigenvalue weighted by atomic mass is 10.0. The lowest BCUT2D eigenvalue weighted by Gasteiger charge is -2.22. The SMILES string of the molecule is COCCc1ccccc1-n1cncc1C(C)(C)N. The minimum absolute atomic E-state index is 0.426. The predicted molar refractivity (Wildman–Crippen MR) is 76.4 cm³/mol. The number of hydrogen-bond acceptors (Lipinski definition) is 3. The van der Waals surface area contributed by atoms with Crippen LogP contribution in [0.4, 0.5) is 0 Å². The maximum Gasteiger partial charge on any atom is 0.0994 e. The Labute approximate surface area is 114 Å². The molecule has 102 valence electrons. The van der Waals surface area contributed by atoms with Crippen LogP contribution in [-0.2, 0) is 16.7 Å². The van der Waals surface area contributed by atoms with Gasteiger partial charge in [-0.2, -0.15) is 0 Å². The average Bonchev–Trinajstić information content (AvgIpc) is 2.85. The third-order valence-corrected chi connectivity index (χ3v) is 3.13. The van der Waals surface area contributed by atoms with Crippen LogP contribution in [0, 0.1) is 0 Å². The Morgan fingerprint density at radius 2 is 2.05 bits per heavy atom. The lowest BCUT2D eigenvalue weighted by molar-refractivity contribution is 0.202. The zero-order valence-corrected chi connectivity index (χ0v) is 11.8. The summed E-state index contributed by atoms with van der Waals surface area (Å²) in [5.41, 5.74) is 9.12. The first-order chi connectivity index (χ1) is 9.04. The molecule has 0 spiro atoms. The standard InChI is InChI=1S/C15H21N3O/c1-15(2,16)14-10-17-11-18(14)13-7-5-4-6-12(13)8-9-19-3/h4-7,10-11H,8-9,16H2,1-3H3. The number of methoxy groups -OCH3 is 1. The van der Waals surface area contributed by atoms with Crippen molar-refractivity contribution in [3.05, 3.63) is 48.0 Å². The van der Waals surface area contributed by atoms with E-state index in [1.165, 1.54) is 5.56 Å². The van der Waals surface area contributed by atoms with Gasteiger partial charge in [-0.15, -0.1) is 0 Å². The molecule has 4 heteroatoms. The minimum atomic E-state index is -0.426. The molecule has 0 amide bonds. The summed E-state index contributed by atoms with van der Waals surface area (Å²) < 4.78 is 7.23. The van der Waals surface area contributed by atoms with Crippen molar-refractivity contribution in [1.82, 2.24) is 9.55 Å². The number of nitrogens with zero attached hydrogens (tertiary/aromatic N) is 2. The van der Waals surface area contributed by atoms with Gasteiger partial charge in [0.25, 0.3) is 0 Å². The van der Waals surface area contributed by atoms with Crippen LogP contribution < -0.4 is 5.73 Å². The van der Waals surface area contributed by atoms with E-state index in [4.69, 9.17) is 10.5 Å². The maximum atomic E-state index is 6.20. The highest BCUT2D eigenvalue weighted by atomic mass is 16.5. The molecule has 1 heterocycles. The fraction of sp³-hybridized carbons (Fsp3) is 0.400. The second-order valence-corrected chi connectivity index (χ2v) is 5.24. The summed E-state index contributed by atoms with van der Waals surface area (Å²) in [5, 5.41) is 0. The number of rotatable bonds is 5. The van der Waals surface area contributed by atoms with Crippen LogP contribution >= 0.6 is 0 Å². The van der Waals surface area contributed by atoms with Crippen molar-refractivity contribution < 1.29 is 4.74 Å². The van der Waals surface area contributed by atoms with Crippen molar-refractivity contribution in [2.24, 2.45) is 5.73 Å². The first-order valence-corrected chi connectivity index (χ1v) is 6.43. The van der Waals surface area contributed by atoms with Crippen LogP contribution in [0.25, 0.3) is 5.69 Å². The molecule has 0 fully saturated rings. The molecule has 0 bridgehead atoms. The van der Waals surface area contributed by atoms with Crippen LogP contribution in [0.1, 0.15) is 25.1 Å². The second-order valence-electron chi connectivity index (χ2n) is 5.24. The van der Waals surface area contributed by atoms with Crippen molar-refractivity contribution in [3.8, 4) is 5.69 Å². The van der Waals surface area contributed by atoms with Crippen molar-refractivity contribution in [1.29, 1.82) is 0 Å². The van der Waals surface area contributed by atoms with E-state index in [1.807, 2.05) is 38.5 Å². The molecule has 0 aliphatic carbocycles. The molecule has 0 radical (unpaired) electrons. The summed E-state index contributed by atoms with van der Waals surface area (Å²) >= 11 is 0. The summed E-state index contributed by atoms with van der Waals surface area (Å²) in [6.45, 7) is 4.67. The van der Waals surface area contributed by atoms with E-state index in [9.17, 15) is 0 Å². The molecule has 0 saturated carbocycles. The van der Waals surface area contributed by atoms with Gasteiger partial charge in [0, 0.05) is 7.11 Å². The van der Waals surface area contributed by atoms with Gasteiger partial charge in [-0.25, -0.2) is 4.98 Å². The molecule has 2 rings (SSSR count). The molecule has 19 heavy (non-hydrogen) atoms. The Kier molecular flexibility index (Phi) is 4.02. The molecule has 0 saturated heterocycles. The Morgan fingerprint density at radius 1 is 1.32 bits per heavy atom. The highest BCUT2D eigenvalue weighted by Gasteiger charge is 2.20. The fourth-order valence-electron chi connectivity index (χ4n) is 2.13. The first-order valence-electron chi connectivity index (χ1n) is 6.43. The lowest BCUT2D eigenvalue weighted by Crippen LogP contribution is -2.31. The summed E-state index contributed by atoms with van der Waals surface area (Å²) in [7, 11) is 1.72. The smallest absolute Gasteiger partial charge is 0.0994 e. The molecule has 0 unspecified atom stereocenters. The van der Waals surface area contributed by atoms with Gasteiger partial charge in [-0.05, 0) is 31.9 Å². The van der Waals surface area contributed by atoms with Gasteiger partial charge in [0.05, 0.1) is 36.1 Å². The van der Waals surface area contributed by atoms with E-state index in [1.54, 1.807) is 7.11 Å². The van der Waals surface area contributed by atoms with E-state index in [-0.39, 0.29) is 0 Å². The van der Waals surface area contributed by atoms with Gasteiger partial charge >= 0.3 is 0 Å². The first kappa shape index (κ1) is 13.8. The maximum absolute atomic E-state index is 6.20. The van der Waals surface area contributed by atoms with E-state index in [0.29, 0.717) is 6.61 Å². The third-order valence-electron chi connectivity index (χ3n) is 3.13. The number of imidazole rings is 1. The largest absolute Gasteiger partial charge is 0.384 e. The summed E-state index contributed by atoms with van der Waals surface area (Å²) in [4.78, 5) is 4.24. The summed E-state index contributed by atoms with van der Waals surface area (Å²) in [6, 6.07) is 8.27. The van der Waals surface area contributed by atoms with E-state index in [0.717, 1.165) is 17.8 Å². The van der Waals surface area contributed by atoms with Crippen LogP contribution in [0.15, 0.2) is 36.8 Å². The number of ether oxygens (including phenoxy) is 1. The van der Waals surface area contributed by atoms with Gasteiger partial charge in [-0.1, -0.05) is 18.2 Å². The average molecular weight is 259 g/mol. The van der Waals surface area contributed by atoms with Crippen LogP contribution in [0.2, 0.25) is 0 Å².